The van der Waals surface area contributed by atoms with Gasteiger partial charge in [-0.3, -0.25) is 14.8 Å². The third kappa shape index (κ3) is 5.82. The van der Waals surface area contributed by atoms with E-state index >= 15 is 0 Å². The van der Waals surface area contributed by atoms with E-state index < -0.39 is 14.6 Å². The first-order valence-corrected chi connectivity index (χ1v) is 11.8. The highest BCUT2D eigenvalue weighted by Crippen LogP contribution is 2.31. The van der Waals surface area contributed by atoms with Gasteiger partial charge in [0.1, 0.15) is 10.6 Å². The summed E-state index contributed by atoms with van der Waals surface area (Å²) in [6.07, 6.45) is 3.84. The van der Waals surface area contributed by atoms with Crippen molar-refractivity contribution in [2.75, 3.05) is 5.73 Å². The maximum atomic E-state index is 10.8. The Labute approximate surface area is 188 Å². The van der Waals surface area contributed by atoms with Crippen LogP contribution in [0.25, 0.3) is 11.3 Å². The molecule has 0 bridgehead atoms. The van der Waals surface area contributed by atoms with Crippen molar-refractivity contribution in [2.45, 2.75) is 23.1 Å². The summed E-state index contributed by atoms with van der Waals surface area (Å²) < 4.78 is 22.0. The number of nitrogen functional groups attached to an aromatic ring is 1. The Hall–Kier alpha value is -3.01. The summed E-state index contributed by atoms with van der Waals surface area (Å²) in [7, 11) is -4.87. The van der Waals surface area contributed by atoms with Crippen LogP contribution in [0.4, 0.5) is 5.82 Å². The second kappa shape index (κ2) is 9.64. The van der Waals surface area contributed by atoms with E-state index in [9.17, 15) is 9.46 Å². The summed E-state index contributed by atoms with van der Waals surface area (Å²) in [5.41, 5.74) is 8.27. The van der Waals surface area contributed by atoms with Crippen LogP contribution in [0.15, 0.2) is 87.5 Å². The Morgan fingerprint density at radius 1 is 1.19 bits per heavy atom. The minimum Gasteiger partial charge on any atom is -0.756 e. The predicted molar refractivity (Wildman–Crippen MR) is 115 cm³/mol. The molecule has 0 fully saturated rings. The zero-order valence-corrected chi connectivity index (χ0v) is 18.4. The van der Waals surface area contributed by atoms with Crippen molar-refractivity contribution in [3.8, 4) is 11.3 Å². The lowest BCUT2D eigenvalue weighted by molar-refractivity contribution is -0.712. The number of anilines is 1. The molecule has 11 heteroatoms. The van der Waals surface area contributed by atoms with Crippen LogP contribution in [0.3, 0.4) is 0 Å². The van der Waals surface area contributed by atoms with Gasteiger partial charge in [0.25, 0.3) is 13.6 Å². The van der Waals surface area contributed by atoms with Gasteiger partial charge < -0.3 is 14.3 Å². The lowest BCUT2D eigenvalue weighted by Crippen LogP contribution is -2.38. The van der Waals surface area contributed by atoms with Crippen LogP contribution in [0.5, 0.6) is 0 Å². The molecule has 3 aromatic heterocycles. The first-order chi connectivity index (χ1) is 15.4. The molecule has 3 heterocycles. The molecule has 0 saturated carbocycles. The van der Waals surface area contributed by atoms with E-state index in [2.05, 4.69) is 14.7 Å². The van der Waals surface area contributed by atoms with Crippen LogP contribution in [0.1, 0.15) is 11.3 Å². The number of aromatic nitrogens is 3. The number of benzene rings is 1. The minimum atomic E-state index is -4.87. The average Bonchev–Trinajstić information content (AvgIpc) is 3.23. The molecule has 3 N–H and O–H groups in total. The van der Waals surface area contributed by atoms with E-state index in [4.69, 9.17) is 15.2 Å². The van der Waals surface area contributed by atoms with Gasteiger partial charge in [-0.25, -0.2) is 9.55 Å². The monoisotopic (exact) mass is 470 g/mol. The highest BCUT2D eigenvalue weighted by atomic mass is 32.2. The van der Waals surface area contributed by atoms with Gasteiger partial charge in [0.15, 0.2) is 12.5 Å². The molecule has 4 rings (SSSR count). The van der Waals surface area contributed by atoms with Gasteiger partial charge in [-0.15, -0.1) is 0 Å². The molecule has 0 aliphatic rings. The predicted octanol–water partition coefficient (Wildman–Crippen LogP) is 2.78. The molecule has 164 valence electrons. The molecule has 4 aromatic rings. The molecule has 9 nitrogen and oxygen atoms in total. The smallest absolute Gasteiger partial charge is 0.285 e. The number of nitrogens with zero attached hydrogens (tertiary/aromatic N) is 3. The Kier molecular flexibility index (Phi) is 6.69. The van der Waals surface area contributed by atoms with Gasteiger partial charge in [-0.1, -0.05) is 41.2 Å². The molecular weight excluding hydrogens is 451 g/mol. The van der Waals surface area contributed by atoms with Gasteiger partial charge in [-0.05, 0) is 35.9 Å². The first-order valence-electron chi connectivity index (χ1n) is 9.47. The Morgan fingerprint density at radius 3 is 2.72 bits per heavy atom. The van der Waals surface area contributed by atoms with Crippen molar-refractivity contribution in [3.05, 3.63) is 84.3 Å². The van der Waals surface area contributed by atoms with Crippen LogP contribution in [0.2, 0.25) is 0 Å². The van der Waals surface area contributed by atoms with Crippen molar-refractivity contribution in [1.29, 1.82) is 0 Å². The molecule has 0 radical (unpaired) electrons. The lowest BCUT2D eigenvalue weighted by Gasteiger charge is -2.14. The second-order valence-electron chi connectivity index (χ2n) is 6.78. The fourth-order valence-corrected chi connectivity index (χ4v) is 3.98. The SMILES string of the molecule is Nc1c(-c2cc(Cc3ccc(Sc4ccccc4)nc3)no2)ccc[n+]1COP(=O)([O-])O. The van der Waals surface area contributed by atoms with E-state index in [0.29, 0.717) is 23.4 Å². The third-order valence-corrected chi connectivity index (χ3v) is 5.85. The fourth-order valence-electron chi connectivity index (χ4n) is 2.94. The van der Waals surface area contributed by atoms with Crippen LogP contribution in [-0.4, -0.2) is 15.0 Å². The standard InChI is InChI=1S/C21H19N4O5PS/c22-21-18(7-4-10-25(21)14-29-31(26,27)28)19-12-16(24-30-19)11-15-8-9-20(23-13-15)32-17-5-2-1-3-6-17/h1-10,12-13,22H,11,14H2,(H2,26,27,28). The summed E-state index contributed by atoms with van der Waals surface area (Å²) in [4.78, 5) is 25.2. The number of phosphoric ester groups is 1. The van der Waals surface area contributed by atoms with Crippen molar-refractivity contribution in [1.82, 2.24) is 10.1 Å². The summed E-state index contributed by atoms with van der Waals surface area (Å²) in [5, 5.41) is 4.99. The average molecular weight is 470 g/mol. The van der Waals surface area contributed by atoms with E-state index in [-0.39, 0.29) is 5.82 Å². The molecule has 0 spiro atoms. The molecule has 0 saturated heterocycles. The van der Waals surface area contributed by atoms with Crippen LogP contribution in [-0.2, 0) is 22.2 Å². The summed E-state index contributed by atoms with van der Waals surface area (Å²) >= 11 is 1.59. The van der Waals surface area contributed by atoms with Gasteiger partial charge in [0, 0.05) is 23.6 Å². The van der Waals surface area contributed by atoms with Gasteiger partial charge >= 0.3 is 0 Å². The zero-order chi connectivity index (χ0) is 22.6. The fraction of sp³-hybridized carbons (Fsp3) is 0.0952. The molecule has 1 atom stereocenters. The number of hydrogen-bond acceptors (Lipinski definition) is 8. The minimum absolute atomic E-state index is 0.201. The maximum Gasteiger partial charge on any atom is 0.285 e. The number of nitrogens with two attached hydrogens (primary N) is 1. The quantitative estimate of drug-likeness (QED) is 0.294. The van der Waals surface area contributed by atoms with Crippen LogP contribution < -0.4 is 15.2 Å². The normalized spacial score (nSPS) is 13.1. The second-order valence-corrected chi connectivity index (χ2v) is 9.07. The van der Waals surface area contributed by atoms with E-state index in [1.54, 1.807) is 36.2 Å². The molecule has 0 amide bonds. The van der Waals surface area contributed by atoms with Crippen molar-refractivity contribution < 1.29 is 28.0 Å². The van der Waals surface area contributed by atoms with Crippen molar-refractivity contribution in [2.24, 2.45) is 0 Å². The summed E-state index contributed by atoms with van der Waals surface area (Å²) in [6, 6.07) is 19.1. The molecular formula is C21H19N4O5PS. The highest BCUT2D eigenvalue weighted by molar-refractivity contribution is 7.99. The van der Waals surface area contributed by atoms with Crippen molar-refractivity contribution in [3.63, 3.8) is 0 Å². The topological polar surface area (TPSA) is 138 Å². The first kappa shape index (κ1) is 22.2. The number of phosphoric acid groups is 1. The Bertz CT molecular complexity index is 1240. The number of hydrogen-bond donors (Lipinski definition) is 2. The molecule has 1 aromatic carbocycles. The van der Waals surface area contributed by atoms with E-state index in [1.165, 1.54) is 10.8 Å². The maximum absolute atomic E-state index is 10.8. The number of pyridine rings is 2. The van der Waals surface area contributed by atoms with E-state index in [0.717, 1.165) is 15.5 Å². The van der Waals surface area contributed by atoms with Crippen molar-refractivity contribution >= 4 is 25.4 Å². The van der Waals surface area contributed by atoms with Gasteiger partial charge in [-0.2, -0.15) is 0 Å². The van der Waals surface area contributed by atoms with Gasteiger partial charge in [0.05, 0.1) is 11.9 Å². The lowest BCUT2D eigenvalue weighted by atomic mass is 10.1. The molecule has 1 unspecified atom stereocenters. The zero-order valence-electron chi connectivity index (χ0n) is 16.7. The molecule has 0 aliphatic heterocycles. The third-order valence-electron chi connectivity index (χ3n) is 4.45. The van der Waals surface area contributed by atoms with Crippen LogP contribution >= 0.6 is 19.6 Å². The Morgan fingerprint density at radius 2 is 2.00 bits per heavy atom. The highest BCUT2D eigenvalue weighted by Gasteiger charge is 2.18. The van der Waals surface area contributed by atoms with E-state index in [1.807, 2.05) is 42.5 Å². The largest absolute Gasteiger partial charge is 0.756 e. The van der Waals surface area contributed by atoms with Gasteiger partial charge in [0.2, 0.25) is 0 Å². The summed E-state index contributed by atoms with van der Waals surface area (Å²) in [6.45, 7) is -0.461. The molecule has 32 heavy (non-hydrogen) atoms. The molecule has 0 aliphatic carbocycles. The summed E-state index contributed by atoms with van der Waals surface area (Å²) in [5.74, 6) is 0.623. The Balaban J connectivity index is 1.45. The number of rotatable bonds is 8. The van der Waals surface area contributed by atoms with Crippen LogP contribution in [0, 0.1) is 0 Å².